The molecular weight excluding hydrogens is 467 g/mol. The zero-order valence-electron chi connectivity index (χ0n) is 19.8. The van der Waals surface area contributed by atoms with Crippen LogP contribution in [0, 0.1) is 0 Å². The molecule has 35 heavy (non-hydrogen) atoms. The second kappa shape index (κ2) is 11.4. The largest absolute Gasteiger partial charge is 0.497 e. The van der Waals surface area contributed by atoms with Gasteiger partial charge in [-0.2, -0.15) is 13.2 Å². The number of anilines is 1. The van der Waals surface area contributed by atoms with E-state index in [0.717, 1.165) is 23.1 Å². The Morgan fingerprint density at radius 2 is 1.71 bits per heavy atom. The first-order valence-corrected chi connectivity index (χ1v) is 10.9. The Hall–Kier alpha value is -3.27. The Morgan fingerprint density at radius 1 is 1.09 bits per heavy atom. The Kier molecular flexibility index (Phi) is 9.14. The number of carbonyl (C=O) groups is 2. The molecule has 0 aromatic heterocycles. The van der Waals surface area contributed by atoms with Gasteiger partial charge < -0.3 is 25.0 Å². The van der Waals surface area contributed by atoms with Gasteiger partial charge in [-0.15, -0.1) is 0 Å². The molecule has 3 N–H and O–H groups in total. The van der Waals surface area contributed by atoms with Crippen LogP contribution >= 0.6 is 0 Å². The molecule has 0 amide bonds. The van der Waals surface area contributed by atoms with E-state index in [9.17, 15) is 13.2 Å². The van der Waals surface area contributed by atoms with Crippen LogP contribution in [0.5, 0.6) is 5.75 Å². The van der Waals surface area contributed by atoms with E-state index < -0.39 is 23.7 Å². The van der Waals surface area contributed by atoms with Gasteiger partial charge in [0.1, 0.15) is 5.75 Å². The van der Waals surface area contributed by atoms with Crippen molar-refractivity contribution in [2.75, 3.05) is 25.6 Å². The fraction of sp³-hybridized carbons (Fsp3) is 0.440. The number of halogens is 3. The highest BCUT2D eigenvalue weighted by Crippen LogP contribution is 2.45. The third-order valence-electron chi connectivity index (χ3n) is 5.85. The predicted molar refractivity (Wildman–Crippen MR) is 124 cm³/mol. The lowest BCUT2D eigenvalue weighted by Crippen LogP contribution is -2.45. The fourth-order valence-corrected chi connectivity index (χ4v) is 4.26. The number of aliphatic carboxylic acids is 2. The predicted octanol–water partition coefficient (Wildman–Crippen LogP) is 5.20. The van der Waals surface area contributed by atoms with Gasteiger partial charge in [-0.25, -0.2) is 9.59 Å². The van der Waals surface area contributed by atoms with E-state index in [4.69, 9.17) is 29.3 Å². The maximum absolute atomic E-state index is 13.3. The molecule has 7 nitrogen and oxygen atoms in total. The van der Waals surface area contributed by atoms with Crippen LogP contribution in [0.2, 0.25) is 0 Å². The molecule has 0 bridgehead atoms. The van der Waals surface area contributed by atoms with Crippen LogP contribution in [-0.4, -0.2) is 48.0 Å². The van der Waals surface area contributed by atoms with Gasteiger partial charge in [-0.1, -0.05) is 18.2 Å². The van der Waals surface area contributed by atoms with Gasteiger partial charge in [0.2, 0.25) is 0 Å². The van der Waals surface area contributed by atoms with Crippen molar-refractivity contribution in [2.45, 2.75) is 50.3 Å². The van der Waals surface area contributed by atoms with Crippen molar-refractivity contribution in [3.63, 3.8) is 0 Å². The molecule has 3 rings (SSSR count). The normalized spacial score (nSPS) is 19.1. The number of rotatable bonds is 6. The Balaban J connectivity index is 0.000000641. The third-order valence-corrected chi connectivity index (χ3v) is 5.85. The number of carboxylic acids is 2. The lowest BCUT2D eigenvalue weighted by molar-refractivity contribution is -0.159. The summed E-state index contributed by atoms with van der Waals surface area (Å²) in [4.78, 5) is 18.2. The number of benzene rings is 2. The number of alkyl halides is 3. The first-order chi connectivity index (χ1) is 16.3. The van der Waals surface area contributed by atoms with Gasteiger partial charge >= 0.3 is 18.1 Å². The average Bonchev–Trinajstić information content (AvgIpc) is 2.79. The Labute approximate surface area is 201 Å². The SMILES string of the molecule is COc1ccc(NCCC2(c3cccc(C(F)(F)F)c3)CCOC(C)(C)C2)cc1.O=C(O)C(=O)O. The van der Waals surface area contributed by atoms with E-state index in [1.54, 1.807) is 7.11 Å². The smallest absolute Gasteiger partial charge is 0.416 e. The van der Waals surface area contributed by atoms with Crippen LogP contribution in [0.1, 0.15) is 44.2 Å². The minimum atomic E-state index is -4.35. The van der Waals surface area contributed by atoms with Gasteiger partial charge in [0.15, 0.2) is 0 Å². The number of hydrogen-bond acceptors (Lipinski definition) is 5. The molecule has 1 aliphatic rings. The molecule has 10 heteroatoms. The summed E-state index contributed by atoms with van der Waals surface area (Å²) in [5.74, 6) is -2.87. The molecule has 192 valence electrons. The van der Waals surface area contributed by atoms with E-state index in [0.29, 0.717) is 32.4 Å². The van der Waals surface area contributed by atoms with Gasteiger partial charge in [-0.3, -0.25) is 0 Å². The lowest BCUT2D eigenvalue weighted by Gasteiger charge is -2.45. The van der Waals surface area contributed by atoms with Crippen molar-refractivity contribution in [3.05, 3.63) is 59.7 Å². The summed E-state index contributed by atoms with van der Waals surface area (Å²) in [7, 11) is 1.62. The second-order valence-electron chi connectivity index (χ2n) is 8.91. The summed E-state index contributed by atoms with van der Waals surface area (Å²) in [5.41, 5.74) is 0.341. The maximum atomic E-state index is 13.3. The monoisotopic (exact) mass is 497 g/mol. The van der Waals surface area contributed by atoms with Gasteiger partial charge in [0.05, 0.1) is 18.3 Å². The quantitative estimate of drug-likeness (QED) is 0.471. The van der Waals surface area contributed by atoms with Crippen LogP contribution in [0.25, 0.3) is 0 Å². The van der Waals surface area contributed by atoms with Crippen molar-refractivity contribution >= 4 is 17.6 Å². The van der Waals surface area contributed by atoms with Crippen LogP contribution in [0.3, 0.4) is 0 Å². The summed E-state index contributed by atoms with van der Waals surface area (Å²) in [6, 6.07) is 13.4. The van der Waals surface area contributed by atoms with Crippen molar-refractivity contribution in [1.82, 2.24) is 0 Å². The molecule has 0 spiro atoms. The molecule has 1 unspecified atom stereocenters. The van der Waals surface area contributed by atoms with Crippen LogP contribution < -0.4 is 10.1 Å². The Bertz CT molecular complexity index is 995. The third kappa shape index (κ3) is 8.17. The van der Waals surface area contributed by atoms with Crippen molar-refractivity contribution in [3.8, 4) is 5.75 Å². The zero-order chi connectivity index (χ0) is 26.3. The van der Waals surface area contributed by atoms with Crippen LogP contribution in [0.15, 0.2) is 48.5 Å². The molecule has 2 aromatic carbocycles. The highest BCUT2D eigenvalue weighted by Gasteiger charge is 2.42. The van der Waals surface area contributed by atoms with Crippen LogP contribution in [0.4, 0.5) is 18.9 Å². The number of hydrogen-bond donors (Lipinski definition) is 3. The second-order valence-corrected chi connectivity index (χ2v) is 8.91. The van der Waals surface area contributed by atoms with Gasteiger partial charge in [0, 0.05) is 24.3 Å². The summed E-state index contributed by atoms with van der Waals surface area (Å²) < 4.78 is 50.9. The topological polar surface area (TPSA) is 105 Å². The van der Waals surface area contributed by atoms with Crippen LogP contribution in [-0.2, 0) is 25.9 Å². The molecule has 1 heterocycles. The number of ether oxygens (including phenoxy) is 2. The lowest BCUT2D eigenvalue weighted by atomic mass is 9.67. The van der Waals surface area contributed by atoms with Gasteiger partial charge in [-0.05, 0) is 69.0 Å². The molecular formula is C25H30F3NO6. The summed E-state index contributed by atoms with van der Waals surface area (Å²) >= 11 is 0. The summed E-state index contributed by atoms with van der Waals surface area (Å²) in [5, 5.41) is 18.2. The molecule has 0 radical (unpaired) electrons. The molecule has 0 aliphatic carbocycles. The van der Waals surface area contributed by atoms with E-state index in [-0.39, 0.29) is 11.0 Å². The van der Waals surface area contributed by atoms with E-state index in [2.05, 4.69) is 5.32 Å². The number of nitrogens with one attached hydrogen (secondary N) is 1. The van der Waals surface area contributed by atoms with Gasteiger partial charge in [0.25, 0.3) is 0 Å². The molecule has 1 atom stereocenters. The first kappa shape index (κ1) is 28.0. The maximum Gasteiger partial charge on any atom is 0.416 e. The highest BCUT2D eigenvalue weighted by molar-refractivity contribution is 6.27. The molecule has 2 aromatic rings. The Morgan fingerprint density at radius 3 is 2.23 bits per heavy atom. The summed E-state index contributed by atoms with van der Waals surface area (Å²) in [6.45, 7) is 5.20. The van der Waals surface area contributed by atoms with E-state index in [1.165, 1.54) is 12.1 Å². The molecule has 1 fully saturated rings. The first-order valence-electron chi connectivity index (χ1n) is 10.9. The zero-order valence-corrected chi connectivity index (χ0v) is 19.8. The van der Waals surface area contributed by atoms with E-state index >= 15 is 0 Å². The molecule has 0 saturated carbocycles. The van der Waals surface area contributed by atoms with Crippen molar-refractivity contribution < 1.29 is 42.4 Å². The number of carboxylic acid groups (broad SMARTS) is 2. The van der Waals surface area contributed by atoms with Crippen molar-refractivity contribution in [2.24, 2.45) is 0 Å². The van der Waals surface area contributed by atoms with E-state index in [1.807, 2.05) is 44.2 Å². The van der Waals surface area contributed by atoms with Crippen molar-refractivity contribution in [1.29, 1.82) is 0 Å². The molecule has 1 aliphatic heterocycles. The standard InChI is InChI=1S/C23H28F3NO2.C2H2O4/c1-21(2)16-22(12-14-29-21,17-5-4-6-18(15-17)23(24,25)26)11-13-27-19-7-9-20(28-3)10-8-19;3-1(4)2(5)6/h4-10,15,27H,11-14,16H2,1-3H3;(H,3,4)(H,5,6). The minimum absolute atomic E-state index is 0.373. The highest BCUT2D eigenvalue weighted by atomic mass is 19.4. The molecule has 1 saturated heterocycles. The minimum Gasteiger partial charge on any atom is -0.497 e. The average molecular weight is 498 g/mol. The summed E-state index contributed by atoms with van der Waals surface area (Å²) in [6.07, 6.45) is -2.26. The fourth-order valence-electron chi connectivity index (χ4n) is 4.26. The number of methoxy groups -OCH3 is 1.